The van der Waals surface area contributed by atoms with E-state index in [9.17, 15) is 0 Å². The highest BCUT2D eigenvalue weighted by atomic mass is 16.3. The van der Waals surface area contributed by atoms with Crippen molar-refractivity contribution in [1.29, 1.82) is 0 Å². The van der Waals surface area contributed by atoms with Crippen molar-refractivity contribution < 1.29 is 5.11 Å². The third kappa shape index (κ3) is 2.82. The molecule has 0 radical (unpaired) electrons. The molecule has 0 aliphatic heterocycles. The molecule has 0 spiro atoms. The first kappa shape index (κ1) is 11.2. The highest BCUT2D eigenvalue weighted by Crippen LogP contribution is 2.07. The summed E-state index contributed by atoms with van der Waals surface area (Å²) < 4.78 is 1.80. The van der Waals surface area contributed by atoms with Gasteiger partial charge in [-0.15, -0.1) is 0 Å². The van der Waals surface area contributed by atoms with E-state index in [1.807, 2.05) is 34.0 Å². The Bertz CT molecular complexity index is 304. The summed E-state index contributed by atoms with van der Waals surface area (Å²) in [5, 5.41) is 16.6. The molecule has 1 rings (SSSR count). The first-order valence-corrected chi connectivity index (χ1v) is 4.79. The number of aliphatic hydroxyl groups excluding tert-OH is 1. The van der Waals surface area contributed by atoms with E-state index in [0.717, 1.165) is 12.2 Å². The van der Waals surface area contributed by atoms with E-state index in [4.69, 9.17) is 5.11 Å². The van der Waals surface area contributed by atoms with E-state index in [-0.39, 0.29) is 12.1 Å². The van der Waals surface area contributed by atoms with Gasteiger partial charge in [-0.1, -0.05) is 0 Å². The molecule has 1 aromatic heterocycles. The molecule has 0 saturated heterocycles. The maximum atomic E-state index is 9.06. The summed E-state index contributed by atoms with van der Waals surface area (Å²) in [6.07, 6.45) is 2.00. The van der Waals surface area contributed by atoms with Crippen molar-refractivity contribution in [1.82, 2.24) is 15.1 Å². The van der Waals surface area contributed by atoms with Gasteiger partial charge in [-0.25, -0.2) is 0 Å². The molecule has 0 aliphatic rings. The molecule has 0 bridgehead atoms. The number of nitrogens with zero attached hydrogens (tertiary/aromatic N) is 2. The number of hydrogen-bond donors (Lipinski definition) is 2. The largest absolute Gasteiger partial charge is 0.394 e. The van der Waals surface area contributed by atoms with Crippen LogP contribution < -0.4 is 5.32 Å². The summed E-state index contributed by atoms with van der Waals surface area (Å²) >= 11 is 0. The van der Waals surface area contributed by atoms with Crippen LogP contribution in [0.4, 0.5) is 0 Å². The van der Waals surface area contributed by atoms with Crippen molar-refractivity contribution in [2.24, 2.45) is 7.05 Å². The number of aromatic nitrogens is 2. The lowest BCUT2D eigenvalue weighted by Gasteiger charge is -2.23. The summed E-state index contributed by atoms with van der Waals surface area (Å²) in [6.45, 7) is 6.81. The van der Waals surface area contributed by atoms with Gasteiger partial charge in [0.1, 0.15) is 0 Å². The predicted molar refractivity (Wildman–Crippen MR) is 55.9 cm³/mol. The minimum absolute atomic E-state index is 0.131. The fourth-order valence-electron chi connectivity index (χ4n) is 1.21. The number of hydrogen-bond acceptors (Lipinski definition) is 3. The Morgan fingerprint density at radius 3 is 2.64 bits per heavy atom. The van der Waals surface area contributed by atoms with E-state index < -0.39 is 0 Å². The van der Waals surface area contributed by atoms with Crippen molar-refractivity contribution in [3.63, 3.8) is 0 Å². The van der Waals surface area contributed by atoms with E-state index in [1.165, 1.54) is 5.56 Å². The Hall–Kier alpha value is -0.870. The van der Waals surface area contributed by atoms with Crippen LogP contribution in [0.1, 0.15) is 25.1 Å². The molecule has 0 aromatic carbocycles. The Morgan fingerprint density at radius 2 is 2.21 bits per heavy atom. The molecule has 14 heavy (non-hydrogen) atoms. The van der Waals surface area contributed by atoms with Crippen LogP contribution in [-0.2, 0) is 13.6 Å². The molecule has 2 N–H and O–H groups in total. The fraction of sp³-hybridized carbons (Fsp3) is 0.700. The second-order valence-electron chi connectivity index (χ2n) is 4.31. The lowest BCUT2D eigenvalue weighted by Crippen LogP contribution is -2.42. The van der Waals surface area contributed by atoms with Crippen LogP contribution in [0.15, 0.2) is 6.20 Å². The fourth-order valence-corrected chi connectivity index (χ4v) is 1.21. The summed E-state index contributed by atoms with van der Waals surface area (Å²) in [5.41, 5.74) is 1.98. The molecule has 4 heteroatoms. The number of rotatable bonds is 4. The van der Waals surface area contributed by atoms with Crippen LogP contribution in [-0.4, -0.2) is 27.0 Å². The Labute approximate surface area is 84.9 Å². The van der Waals surface area contributed by atoms with E-state index in [0.29, 0.717) is 0 Å². The second kappa shape index (κ2) is 4.11. The summed E-state index contributed by atoms with van der Waals surface area (Å²) in [4.78, 5) is 0. The van der Waals surface area contributed by atoms with E-state index in [1.54, 1.807) is 4.68 Å². The maximum absolute atomic E-state index is 9.06. The van der Waals surface area contributed by atoms with Gasteiger partial charge in [-0.05, 0) is 20.8 Å². The second-order valence-corrected chi connectivity index (χ2v) is 4.31. The number of aryl methyl sites for hydroxylation is 2. The SMILES string of the molecule is Cc1nn(C)cc1CNC(C)(C)CO. The van der Waals surface area contributed by atoms with Gasteiger partial charge in [-0.2, -0.15) is 5.10 Å². The van der Waals surface area contributed by atoms with E-state index in [2.05, 4.69) is 10.4 Å². The third-order valence-electron chi connectivity index (χ3n) is 2.27. The van der Waals surface area contributed by atoms with Crippen LogP contribution in [0, 0.1) is 6.92 Å². The van der Waals surface area contributed by atoms with Crippen molar-refractivity contribution in [2.75, 3.05) is 6.61 Å². The molecule has 1 heterocycles. The molecule has 0 aliphatic carbocycles. The summed E-state index contributed by atoms with van der Waals surface area (Å²) in [5.74, 6) is 0. The molecular formula is C10H19N3O. The highest BCUT2D eigenvalue weighted by molar-refractivity contribution is 5.15. The molecule has 80 valence electrons. The predicted octanol–water partition coefficient (Wildman–Crippen LogP) is 0.589. The summed E-state index contributed by atoms with van der Waals surface area (Å²) in [7, 11) is 1.91. The first-order valence-electron chi connectivity index (χ1n) is 4.79. The zero-order valence-electron chi connectivity index (χ0n) is 9.33. The van der Waals surface area contributed by atoms with Crippen molar-refractivity contribution in [3.05, 3.63) is 17.5 Å². The van der Waals surface area contributed by atoms with Gasteiger partial charge in [0.2, 0.25) is 0 Å². The van der Waals surface area contributed by atoms with Gasteiger partial charge in [0, 0.05) is 30.9 Å². The van der Waals surface area contributed by atoms with Crippen LogP contribution in [0.2, 0.25) is 0 Å². The zero-order chi connectivity index (χ0) is 10.8. The van der Waals surface area contributed by atoms with Gasteiger partial charge < -0.3 is 10.4 Å². The van der Waals surface area contributed by atoms with Crippen molar-refractivity contribution >= 4 is 0 Å². The average Bonchev–Trinajstić information content (AvgIpc) is 2.42. The van der Waals surface area contributed by atoms with Gasteiger partial charge in [0.15, 0.2) is 0 Å². The third-order valence-corrected chi connectivity index (χ3v) is 2.27. The van der Waals surface area contributed by atoms with Crippen LogP contribution in [0.3, 0.4) is 0 Å². The molecule has 0 atom stereocenters. The Kier molecular flexibility index (Phi) is 3.29. The van der Waals surface area contributed by atoms with Crippen molar-refractivity contribution in [2.45, 2.75) is 32.9 Å². The lowest BCUT2D eigenvalue weighted by atomic mass is 10.1. The highest BCUT2D eigenvalue weighted by Gasteiger charge is 2.15. The minimum atomic E-state index is -0.234. The molecule has 4 nitrogen and oxygen atoms in total. The standard InChI is InChI=1S/C10H19N3O/c1-8-9(6-13(4)12-8)5-11-10(2,3)7-14/h6,11,14H,5,7H2,1-4H3. The van der Waals surface area contributed by atoms with Crippen LogP contribution >= 0.6 is 0 Å². The van der Waals surface area contributed by atoms with E-state index >= 15 is 0 Å². The lowest BCUT2D eigenvalue weighted by molar-refractivity contribution is 0.187. The van der Waals surface area contributed by atoms with Gasteiger partial charge in [-0.3, -0.25) is 4.68 Å². The van der Waals surface area contributed by atoms with Gasteiger partial charge in [0.05, 0.1) is 12.3 Å². The van der Waals surface area contributed by atoms with Crippen molar-refractivity contribution in [3.8, 4) is 0 Å². The summed E-state index contributed by atoms with van der Waals surface area (Å²) in [6, 6.07) is 0. The van der Waals surface area contributed by atoms with Gasteiger partial charge >= 0.3 is 0 Å². The Balaban J connectivity index is 2.58. The van der Waals surface area contributed by atoms with Gasteiger partial charge in [0.25, 0.3) is 0 Å². The first-order chi connectivity index (χ1) is 6.44. The maximum Gasteiger partial charge on any atom is 0.0638 e. The van der Waals surface area contributed by atoms with Crippen LogP contribution in [0.25, 0.3) is 0 Å². The van der Waals surface area contributed by atoms with Crippen LogP contribution in [0.5, 0.6) is 0 Å². The quantitative estimate of drug-likeness (QED) is 0.742. The molecule has 0 saturated carbocycles. The number of aliphatic hydroxyl groups is 1. The molecule has 0 unspecified atom stereocenters. The monoisotopic (exact) mass is 197 g/mol. The Morgan fingerprint density at radius 1 is 1.57 bits per heavy atom. The molecule has 1 aromatic rings. The molecule has 0 fully saturated rings. The topological polar surface area (TPSA) is 50.1 Å². The average molecular weight is 197 g/mol. The molecule has 0 amide bonds. The smallest absolute Gasteiger partial charge is 0.0638 e. The minimum Gasteiger partial charge on any atom is -0.394 e. The number of nitrogens with one attached hydrogen (secondary N) is 1. The molecular weight excluding hydrogens is 178 g/mol. The normalized spacial score (nSPS) is 12.1. The zero-order valence-corrected chi connectivity index (χ0v) is 9.33.